The van der Waals surface area contributed by atoms with E-state index in [1.165, 1.54) is 15.6 Å². The summed E-state index contributed by atoms with van der Waals surface area (Å²) in [6.45, 7) is 3.24. The van der Waals surface area contributed by atoms with Gasteiger partial charge in [0.25, 0.3) is 0 Å². The minimum absolute atomic E-state index is 0.624. The molecule has 1 atom stereocenters. The SMILES string of the molecule is C[C@@H]1Cc2ccc(Br)cc2CN1. The summed E-state index contributed by atoms with van der Waals surface area (Å²) in [6, 6.07) is 7.17. The van der Waals surface area contributed by atoms with E-state index in [0.29, 0.717) is 6.04 Å². The summed E-state index contributed by atoms with van der Waals surface area (Å²) < 4.78 is 1.18. The zero-order valence-electron chi connectivity index (χ0n) is 7.10. The molecule has 0 aromatic heterocycles. The molecular weight excluding hydrogens is 214 g/mol. The Labute approximate surface area is 81.3 Å². The predicted molar refractivity (Wildman–Crippen MR) is 54.1 cm³/mol. The van der Waals surface area contributed by atoms with Crippen LogP contribution >= 0.6 is 15.9 Å². The van der Waals surface area contributed by atoms with Crippen molar-refractivity contribution < 1.29 is 0 Å². The summed E-state index contributed by atoms with van der Waals surface area (Å²) in [4.78, 5) is 0. The van der Waals surface area contributed by atoms with Crippen LogP contribution in [-0.4, -0.2) is 6.04 Å². The highest BCUT2D eigenvalue weighted by molar-refractivity contribution is 9.10. The van der Waals surface area contributed by atoms with Gasteiger partial charge in [-0.3, -0.25) is 0 Å². The Balaban J connectivity index is 2.37. The van der Waals surface area contributed by atoms with Gasteiger partial charge >= 0.3 is 0 Å². The Bertz CT molecular complexity index is 296. The predicted octanol–water partition coefficient (Wildman–Crippen LogP) is 2.48. The molecule has 2 rings (SSSR count). The monoisotopic (exact) mass is 225 g/mol. The largest absolute Gasteiger partial charge is 0.310 e. The molecule has 1 aromatic carbocycles. The Morgan fingerprint density at radius 2 is 2.25 bits per heavy atom. The number of halogens is 1. The van der Waals surface area contributed by atoms with Crippen LogP contribution in [-0.2, 0) is 13.0 Å². The van der Waals surface area contributed by atoms with E-state index in [-0.39, 0.29) is 0 Å². The van der Waals surface area contributed by atoms with Crippen LogP contribution in [0.3, 0.4) is 0 Å². The van der Waals surface area contributed by atoms with Gasteiger partial charge in [0.05, 0.1) is 0 Å². The second-order valence-electron chi connectivity index (χ2n) is 3.40. The highest BCUT2D eigenvalue weighted by Gasteiger charge is 2.13. The van der Waals surface area contributed by atoms with Crippen LogP contribution in [0, 0.1) is 0 Å². The molecule has 0 radical (unpaired) electrons. The van der Waals surface area contributed by atoms with Crippen LogP contribution in [0.4, 0.5) is 0 Å². The fourth-order valence-corrected chi connectivity index (χ4v) is 2.05. The molecule has 1 nitrogen and oxygen atoms in total. The summed E-state index contributed by atoms with van der Waals surface area (Å²) in [5.74, 6) is 0. The van der Waals surface area contributed by atoms with Crippen molar-refractivity contribution in [3.05, 3.63) is 33.8 Å². The van der Waals surface area contributed by atoms with Crippen LogP contribution in [0.15, 0.2) is 22.7 Å². The molecule has 0 aliphatic carbocycles. The molecule has 1 N–H and O–H groups in total. The maximum Gasteiger partial charge on any atom is 0.0211 e. The number of hydrogen-bond donors (Lipinski definition) is 1. The van der Waals surface area contributed by atoms with Crippen molar-refractivity contribution in [2.24, 2.45) is 0 Å². The Morgan fingerprint density at radius 1 is 1.42 bits per heavy atom. The van der Waals surface area contributed by atoms with E-state index in [2.05, 4.69) is 46.4 Å². The van der Waals surface area contributed by atoms with Crippen molar-refractivity contribution in [1.82, 2.24) is 5.32 Å². The third kappa shape index (κ3) is 1.54. The van der Waals surface area contributed by atoms with E-state index in [0.717, 1.165) is 13.0 Å². The summed E-state index contributed by atoms with van der Waals surface area (Å²) in [5, 5.41) is 3.44. The first-order valence-electron chi connectivity index (χ1n) is 4.26. The first-order chi connectivity index (χ1) is 5.75. The normalized spacial score (nSPS) is 22.0. The van der Waals surface area contributed by atoms with Crippen molar-refractivity contribution in [3.63, 3.8) is 0 Å². The molecule has 1 heterocycles. The van der Waals surface area contributed by atoms with E-state index in [9.17, 15) is 0 Å². The van der Waals surface area contributed by atoms with Gasteiger partial charge in [-0.1, -0.05) is 22.0 Å². The Hall–Kier alpha value is -0.340. The lowest BCUT2D eigenvalue weighted by Gasteiger charge is -2.23. The molecule has 64 valence electrons. The number of hydrogen-bond acceptors (Lipinski definition) is 1. The standard InChI is InChI=1S/C10H12BrN/c1-7-4-8-2-3-10(11)5-9(8)6-12-7/h2-3,5,7,12H,4,6H2,1H3/t7-/m1/s1. The zero-order chi connectivity index (χ0) is 8.55. The number of rotatable bonds is 0. The molecule has 0 bridgehead atoms. The van der Waals surface area contributed by atoms with Crippen molar-refractivity contribution in [3.8, 4) is 0 Å². The minimum atomic E-state index is 0.624. The highest BCUT2D eigenvalue weighted by atomic mass is 79.9. The first kappa shape index (κ1) is 8.27. The summed E-state index contributed by atoms with van der Waals surface area (Å²) in [5.41, 5.74) is 2.92. The van der Waals surface area contributed by atoms with Gasteiger partial charge in [0.2, 0.25) is 0 Å². The first-order valence-corrected chi connectivity index (χ1v) is 5.05. The van der Waals surface area contributed by atoms with Gasteiger partial charge in [-0.15, -0.1) is 0 Å². The van der Waals surface area contributed by atoms with Gasteiger partial charge < -0.3 is 5.32 Å². The summed E-state index contributed by atoms with van der Waals surface area (Å²) >= 11 is 3.48. The molecule has 12 heavy (non-hydrogen) atoms. The van der Waals surface area contributed by atoms with E-state index in [1.54, 1.807) is 0 Å². The molecule has 0 saturated heterocycles. The van der Waals surface area contributed by atoms with Crippen molar-refractivity contribution >= 4 is 15.9 Å². The number of benzene rings is 1. The summed E-state index contributed by atoms with van der Waals surface area (Å²) in [7, 11) is 0. The maximum atomic E-state index is 3.48. The molecule has 1 aromatic rings. The second kappa shape index (κ2) is 3.19. The van der Waals surface area contributed by atoms with Crippen molar-refractivity contribution in [2.75, 3.05) is 0 Å². The Kier molecular flexibility index (Phi) is 2.20. The number of fused-ring (bicyclic) bond motifs is 1. The topological polar surface area (TPSA) is 12.0 Å². The maximum absolute atomic E-state index is 3.48. The smallest absolute Gasteiger partial charge is 0.0211 e. The minimum Gasteiger partial charge on any atom is -0.310 e. The average molecular weight is 226 g/mol. The van der Waals surface area contributed by atoms with Gasteiger partial charge in [0.1, 0.15) is 0 Å². The van der Waals surface area contributed by atoms with Gasteiger partial charge in [-0.05, 0) is 36.6 Å². The molecule has 1 aliphatic heterocycles. The van der Waals surface area contributed by atoms with Gasteiger partial charge in [-0.25, -0.2) is 0 Å². The Morgan fingerprint density at radius 3 is 3.08 bits per heavy atom. The third-order valence-electron chi connectivity index (χ3n) is 2.34. The lowest BCUT2D eigenvalue weighted by Crippen LogP contribution is -2.32. The molecule has 0 fully saturated rings. The van der Waals surface area contributed by atoms with Crippen LogP contribution in [0.25, 0.3) is 0 Å². The fraction of sp³-hybridized carbons (Fsp3) is 0.400. The quantitative estimate of drug-likeness (QED) is 0.716. The molecule has 2 heteroatoms. The second-order valence-corrected chi connectivity index (χ2v) is 4.31. The van der Waals surface area contributed by atoms with Gasteiger partial charge in [-0.2, -0.15) is 0 Å². The van der Waals surface area contributed by atoms with Crippen LogP contribution in [0.1, 0.15) is 18.1 Å². The third-order valence-corrected chi connectivity index (χ3v) is 2.83. The van der Waals surface area contributed by atoms with Gasteiger partial charge in [0.15, 0.2) is 0 Å². The van der Waals surface area contributed by atoms with Crippen LogP contribution < -0.4 is 5.32 Å². The molecule has 0 spiro atoms. The molecule has 0 saturated carbocycles. The average Bonchev–Trinajstić information content (AvgIpc) is 2.05. The van der Waals surface area contributed by atoms with Crippen LogP contribution in [0.2, 0.25) is 0 Å². The lowest BCUT2D eigenvalue weighted by atomic mass is 9.97. The number of nitrogens with one attached hydrogen (secondary N) is 1. The van der Waals surface area contributed by atoms with Crippen molar-refractivity contribution in [1.29, 1.82) is 0 Å². The highest BCUT2D eigenvalue weighted by Crippen LogP contribution is 2.20. The summed E-state index contributed by atoms with van der Waals surface area (Å²) in [6.07, 6.45) is 1.16. The van der Waals surface area contributed by atoms with Crippen molar-refractivity contribution in [2.45, 2.75) is 25.9 Å². The molecule has 1 aliphatic rings. The van der Waals surface area contributed by atoms with Crippen LogP contribution in [0.5, 0.6) is 0 Å². The zero-order valence-corrected chi connectivity index (χ0v) is 8.69. The lowest BCUT2D eigenvalue weighted by molar-refractivity contribution is 0.513. The molecule has 0 amide bonds. The van der Waals surface area contributed by atoms with Gasteiger partial charge in [0, 0.05) is 17.1 Å². The van der Waals surface area contributed by atoms with E-state index in [1.807, 2.05) is 0 Å². The van der Waals surface area contributed by atoms with E-state index in [4.69, 9.17) is 0 Å². The fourth-order valence-electron chi connectivity index (χ4n) is 1.64. The van der Waals surface area contributed by atoms with E-state index < -0.39 is 0 Å². The molecule has 0 unspecified atom stereocenters. The molecular formula is C10H12BrN. The van der Waals surface area contributed by atoms with E-state index >= 15 is 0 Å².